The van der Waals surface area contributed by atoms with Crippen LogP contribution in [0, 0.1) is 0 Å². The predicted molar refractivity (Wildman–Crippen MR) is 62.5 cm³/mol. The second kappa shape index (κ2) is 5.85. The van der Waals surface area contributed by atoms with Crippen molar-refractivity contribution in [2.24, 2.45) is 0 Å². The summed E-state index contributed by atoms with van der Waals surface area (Å²) in [5.41, 5.74) is 0.906. The lowest BCUT2D eigenvalue weighted by Gasteiger charge is -2.13. The molecular weight excluding hydrogens is 202 g/mol. The molecule has 0 aliphatic heterocycles. The Bertz CT molecular complexity index is 396. The fourth-order valence-electron chi connectivity index (χ4n) is 1.37. The number of carbonyl (C=O) groups excluding carboxylic acids is 2. The SMILES string of the molecule is C/C=C/N(C(C)=O)C(=O)Cc1ccccc1. The fourth-order valence-corrected chi connectivity index (χ4v) is 1.37. The van der Waals surface area contributed by atoms with Gasteiger partial charge < -0.3 is 0 Å². The van der Waals surface area contributed by atoms with Crippen molar-refractivity contribution in [1.29, 1.82) is 0 Å². The lowest BCUT2D eigenvalue weighted by molar-refractivity contribution is -0.139. The molecule has 0 radical (unpaired) electrons. The summed E-state index contributed by atoms with van der Waals surface area (Å²) in [4.78, 5) is 24.1. The highest BCUT2D eigenvalue weighted by atomic mass is 16.2. The molecule has 0 saturated heterocycles. The normalized spacial score (nSPS) is 10.4. The number of benzene rings is 1. The van der Waals surface area contributed by atoms with Gasteiger partial charge in [-0.3, -0.25) is 14.5 Å². The zero-order valence-corrected chi connectivity index (χ0v) is 9.51. The van der Waals surface area contributed by atoms with E-state index >= 15 is 0 Å². The van der Waals surface area contributed by atoms with Gasteiger partial charge in [-0.15, -0.1) is 0 Å². The van der Waals surface area contributed by atoms with Crippen molar-refractivity contribution >= 4 is 11.8 Å². The highest BCUT2D eigenvalue weighted by molar-refractivity contribution is 5.96. The molecule has 1 aromatic rings. The average molecular weight is 217 g/mol. The zero-order valence-electron chi connectivity index (χ0n) is 9.51. The van der Waals surface area contributed by atoms with Crippen LogP contribution in [0.3, 0.4) is 0 Å². The van der Waals surface area contributed by atoms with Crippen molar-refractivity contribution in [3.63, 3.8) is 0 Å². The van der Waals surface area contributed by atoms with Crippen LogP contribution in [0.4, 0.5) is 0 Å². The van der Waals surface area contributed by atoms with Crippen molar-refractivity contribution in [2.45, 2.75) is 20.3 Å². The van der Waals surface area contributed by atoms with Gasteiger partial charge in [0.2, 0.25) is 11.8 Å². The smallest absolute Gasteiger partial charge is 0.237 e. The number of rotatable bonds is 3. The highest BCUT2D eigenvalue weighted by Crippen LogP contribution is 2.04. The first kappa shape index (κ1) is 12.2. The molecule has 3 nitrogen and oxygen atoms in total. The molecule has 16 heavy (non-hydrogen) atoms. The largest absolute Gasteiger partial charge is 0.274 e. The summed E-state index contributed by atoms with van der Waals surface area (Å²) in [6.45, 7) is 3.15. The Morgan fingerprint density at radius 1 is 1.25 bits per heavy atom. The fraction of sp³-hybridized carbons (Fsp3) is 0.231. The van der Waals surface area contributed by atoms with E-state index in [1.54, 1.807) is 13.0 Å². The van der Waals surface area contributed by atoms with Gasteiger partial charge in [0.25, 0.3) is 0 Å². The van der Waals surface area contributed by atoms with E-state index in [-0.39, 0.29) is 18.2 Å². The van der Waals surface area contributed by atoms with Crippen LogP contribution < -0.4 is 0 Å². The lowest BCUT2D eigenvalue weighted by Crippen LogP contribution is -2.31. The summed E-state index contributed by atoms with van der Waals surface area (Å²) < 4.78 is 0. The third-order valence-corrected chi connectivity index (χ3v) is 2.10. The van der Waals surface area contributed by atoms with Gasteiger partial charge in [-0.05, 0) is 12.5 Å². The summed E-state index contributed by atoms with van der Waals surface area (Å²) in [7, 11) is 0. The van der Waals surface area contributed by atoms with Gasteiger partial charge in [-0.25, -0.2) is 0 Å². The maximum Gasteiger partial charge on any atom is 0.237 e. The molecule has 3 heteroatoms. The molecule has 0 fully saturated rings. The van der Waals surface area contributed by atoms with E-state index in [1.807, 2.05) is 30.3 Å². The molecule has 2 amide bonds. The molecule has 1 aromatic carbocycles. The van der Waals surface area contributed by atoms with Crippen molar-refractivity contribution in [3.8, 4) is 0 Å². The van der Waals surface area contributed by atoms with Crippen molar-refractivity contribution in [2.75, 3.05) is 0 Å². The monoisotopic (exact) mass is 217 g/mol. The van der Waals surface area contributed by atoms with Crippen LogP contribution in [0.5, 0.6) is 0 Å². The van der Waals surface area contributed by atoms with Crippen molar-refractivity contribution in [1.82, 2.24) is 4.90 Å². The molecule has 0 unspecified atom stereocenters. The van der Waals surface area contributed by atoms with Crippen LogP contribution in [-0.4, -0.2) is 16.7 Å². The topological polar surface area (TPSA) is 37.4 Å². The quantitative estimate of drug-likeness (QED) is 0.777. The van der Waals surface area contributed by atoms with E-state index in [4.69, 9.17) is 0 Å². The van der Waals surface area contributed by atoms with Gasteiger partial charge in [-0.1, -0.05) is 36.4 Å². The molecule has 0 atom stereocenters. The Labute approximate surface area is 95.4 Å². The number of imide groups is 1. The third kappa shape index (κ3) is 3.35. The molecule has 1 rings (SSSR count). The van der Waals surface area contributed by atoms with Crippen LogP contribution >= 0.6 is 0 Å². The second-order valence-corrected chi connectivity index (χ2v) is 3.43. The summed E-state index contributed by atoms with van der Waals surface area (Å²) >= 11 is 0. The standard InChI is InChI=1S/C13H15NO2/c1-3-9-14(11(2)15)13(16)10-12-7-5-4-6-8-12/h3-9H,10H2,1-2H3/b9-3+. The molecule has 84 valence electrons. The zero-order chi connectivity index (χ0) is 12.0. The van der Waals surface area contributed by atoms with Crippen LogP contribution in [0.15, 0.2) is 42.6 Å². The van der Waals surface area contributed by atoms with Gasteiger partial charge in [0.15, 0.2) is 0 Å². The molecule has 0 saturated carbocycles. The van der Waals surface area contributed by atoms with Gasteiger partial charge in [0.05, 0.1) is 6.42 Å². The minimum Gasteiger partial charge on any atom is -0.274 e. The first-order valence-electron chi connectivity index (χ1n) is 5.14. The minimum absolute atomic E-state index is 0.211. The van der Waals surface area contributed by atoms with Crippen LogP contribution in [0.25, 0.3) is 0 Å². The van der Waals surface area contributed by atoms with Crippen molar-refractivity contribution < 1.29 is 9.59 Å². The maximum atomic E-state index is 11.8. The molecule has 0 aliphatic carbocycles. The number of nitrogens with zero attached hydrogens (tertiary/aromatic N) is 1. The van der Waals surface area contributed by atoms with E-state index in [9.17, 15) is 9.59 Å². The van der Waals surface area contributed by atoms with Crippen LogP contribution in [0.1, 0.15) is 19.4 Å². The summed E-state index contributed by atoms with van der Waals surface area (Å²) in [5.74, 6) is -0.476. The first-order chi connectivity index (χ1) is 7.65. The van der Waals surface area contributed by atoms with Crippen LogP contribution in [0.2, 0.25) is 0 Å². The molecule has 0 heterocycles. The summed E-state index contributed by atoms with van der Waals surface area (Å²) in [6, 6.07) is 9.37. The Balaban J connectivity index is 2.74. The van der Waals surface area contributed by atoms with E-state index in [1.165, 1.54) is 13.1 Å². The van der Waals surface area contributed by atoms with Gasteiger partial charge in [0.1, 0.15) is 0 Å². The minimum atomic E-state index is -0.265. The van der Waals surface area contributed by atoms with Gasteiger partial charge in [0, 0.05) is 13.1 Å². The Morgan fingerprint density at radius 2 is 1.88 bits per heavy atom. The first-order valence-corrected chi connectivity index (χ1v) is 5.14. The molecule has 0 aliphatic rings. The lowest BCUT2D eigenvalue weighted by atomic mass is 10.1. The van der Waals surface area contributed by atoms with Crippen molar-refractivity contribution in [3.05, 3.63) is 48.2 Å². The van der Waals surface area contributed by atoms with E-state index in [0.717, 1.165) is 10.5 Å². The van der Waals surface area contributed by atoms with Gasteiger partial charge >= 0.3 is 0 Å². The molecule has 0 spiro atoms. The molecule has 0 aromatic heterocycles. The van der Waals surface area contributed by atoms with E-state index in [0.29, 0.717) is 0 Å². The maximum absolute atomic E-state index is 11.8. The number of amides is 2. The Morgan fingerprint density at radius 3 is 2.38 bits per heavy atom. The number of allylic oxidation sites excluding steroid dienone is 1. The Kier molecular flexibility index (Phi) is 4.45. The summed E-state index contributed by atoms with van der Waals surface area (Å²) in [6.07, 6.45) is 3.41. The molecular formula is C13H15NO2. The number of hydrogen-bond acceptors (Lipinski definition) is 2. The number of hydrogen-bond donors (Lipinski definition) is 0. The highest BCUT2D eigenvalue weighted by Gasteiger charge is 2.14. The predicted octanol–water partition coefficient (Wildman–Crippen LogP) is 2.14. The summed E-state index contributed by atoms with van der Waals surface area (Å²) in [5, 5.41) is 0. The van der Waals surface area contributed by atoms with E-state index < -0.39 is 0 Å². The average Bonchev–Trinajstić information content (AvgIpc) is 2.26. The number of carbonyl (C=O) groups is 2. The van der Waals surface area contributed by atoms with E-state index in [2.05, 4.69) is 0 Å². The third-order valence-electron chi connectivity index (χ3n) is 2.10. The van der Waals surface area contributed by atoms with Gasteiger partial charge in [-0.2, -0.15) is 0 Å². The molecule has 0 N–H and O–H groups in total. The van der Waals surface area contributed by atoms with Crippen LogP contribution in [-0.2, 0) is 16.0 Å². The Hall–Kier alpha value is -1.90. The second-order valence-electron chi connectivity index (χ2n) is 3.43. The molecule has 0 bridgehead atoms.